The Kier molecular flexibility index (Phi) is 6.59. The summed E-state index contributed by atoms with van der Waals surface area (Å²) in [6.07, 6.45) is 4.67. The second-order valence-corrected chi connectivity index (χ2v) is 6.35. The number of anilines is 1. The van der Waals surface area contributed by atoms with E-state index < -0.39 is 0 Å². The van der Waals surface area contributed by atoms with E-state index in [1.807, 2.05) is 36.1 Å². The van der Waals surface area contributed by atoms with E-state index in [0.717, 1.165) is 43.6 Å². The van der Waals surface area contributed by atoms with Crippen molar-refractivity contribution in [1.82, 2.24) is 4.90 Å². The van der Waals surface area contributed by atoms with Crippen LogP contribution >= 0.6 is 0 Å². The summed E-state index contributed by atoms with van der Waals surface area (Å²) in [5.74, 6) is 0.232. The highest BCUT2D eigenvalue weighted by Crippen LogP contribution is 2.14. The Morgan fingerprint density at radius 2 is 1.83 bits per heavy atom. The molecular formula is C18H27N3O2. The van der Waals surface area contributed by atoms with Gasteiger partial charge in [-0.1, -0.05) is 12.1 Å². The van der Waals surface area contributed by atoms with Crippen LogP contribution in [-0.2, 0) is 16.0 Å². The molecule has 2 rings (SSSR count). The van der Waals surface area contributed by atoms with Crippen molar-refractivity contribution in [3.05, 3.63) is 29.8 Å². The lowest BCUT2D eigenvalue weighted by molar-refractivity contribution is -0.130. The molecule has 5 heteroatoms. The van der Waals surface area contributed by atoms with Crippen molar-refractivity contribution in [3.63, 3.8) is 0 Å². The fourth-order valence-corrected chi connectivity index (χ4v) is 2.71. The lowest BCUT2D eigenvalue weighted by Gasteiger charge is -2.15. The molecule has 126 valence electrons. The number of carbonyl (C=O) groups excluding carboxylic acids is 2. The molecule has 1 unspecified atom stereocenters. The van der Waals surface area contributed by atoms with Gasteiger partial charge in [-0.15, -0.1) is 0 Å². The van der Waals surface area contributed by atoms with Crippen LogP contribution in [0.5, 0.6) is 0 Å². The molecule has 1 aliphatic rings. The number of nitrogens with two attached hydrogens (primary N) is 1. The number of nitrogens with zero attached hydrogens (tertiary/aromatic N) is 1. The van der Waals surface area contributed by atoms with Crippen molar-refractivity contribution >= 4 is 17.5 Å². The van der Waals surface area contributed by atoms with Crippen LogP contribution in [0.1, 0.15) is 44.6 Å². The van der Waals surface area contributed by atoms with E-state index >= 15 is 0 Å². The Bertz CT molecular complexity index is 520. The van der Waals surface area contributed by atoms with Gasteiger partial charge in [0, 0.05) is 37.7 Å². The lowest BCUT2D eigenvalue weighted by atomic mass is 10.1. The molecule has 1 aromatic carbocycles. The van der Waals surface area contributed by atoms with E-state index in [9.17, 15) is 9.59 Å². The Labute approximate surface area is 138 Å². The van der Waals surface area contributed by atoms with Gasteiger partial charge in [-0.25, -0.2) is 0 Å². The number of rotatable bonds is 7. The summed E-state index contributed by atoms with van der Waals surface area (Å²) in [6.45, 7) is 3.71. The maximum atomic E-state index is 12.0. The maximum Gasteiger partial charge on any atom is 0.224 e. The zero-order chi connectivity index (χ0) is 16.7. The van der Waals surface area contributed by atoms with Crippen LogP contribution in [0.15, 0.2) is 24.3 Å². The van der Waals surface area contributed by atoms with Crippen molar-refractivity contribution in [2.24, 2.45) is 5.73 Å². The van der Waals surface area contributed by atoms with Gasteiger partial charge in [0.15, 0.2) is 0 Å². The number of amides is 2. The average Bonchev–Trinajstić information content (AvgIpc) is 3.06. The minimum atomic E-state index is -0.0146. The third-order valence-electron chi connectivity index (χ3n) is 4.15. The first kappa shape index (κ1) is 17.5. The van der Waals surface area contributed by atoms with Gasteiger partial charge >= 0.3 is 0 Å². The Hall–Kier alpha value is -1.88. The first-order valence-electron chi connectivity index (χ1n) is 8.47. The molecule has 0 bridgehead atoms. The summed E-state index contributed by atoms with van der Waals surface area (Å²) in [7, 11) is 0. The summed E-state index contributed by atoms with van der Waals surface area (Å²) < 4.78 is 0. The molecule has 2 amide bonds. The van der Waals surface area contributed by atoms with Crippen molar-refractivity contribution < 1.29 is 9.59 Å². The third kappa shape index (κ3) is 6.02. The normalized spacial score (nSPS) is 15.5. The second-order valence-electron chi connectivity index (χ2n) is 6.35. The standard InChI is InChI=1S/C18H27N3O2/c1-14(19)4-10-17(22)20-16-8-5-15(6-9-16)7-11-18(23)21-12-2-3-13-21/h5-6,8-9,14H,2-4,7,10-13,19H2,1H3,(H,20,22). The maximum absolute atomic E-state index is 12.0. The smallest absolute Gasteiger partial charge is 0.224 e. The fraction of sp³-hybridized carbons (Fsp3) is 0.556. The number of benzene rings is 1. The van der Waals surface area contributed by atoms with Gasteiger partial charge < -0.3 is 16.0 Å². The molecule has 0 saturated carbocycles. The molecule has 1 aromatic rings. The molecule has 5 nitrogen and oxygen atoms in total. The van der Waals surface area contributed by atoms with E-state index in [1.54, 1.807) is 0 Å². The highest BCUT2D eigenvalue weighted by molar-refractivity contribution is 5.90. The monoisotopic (exact) mass is 317 g/mol. The summed E-state index contributed by atoms with van der Waals surface area (Å²) in [4.78, 5) is 25.7. The predicted octanol–water partition coefficient (Wildman–Crippen LogP) is 2.31. The summed E-state index contributed by atoms with van der Waals surface area (Å²) in [5.41, 5.74) is 7.55. The minimum Gasteiger partial charge on any atom is -0.343 e. The van der Waals surface area contributed by atoms with Crippen molar-refractivity contribution in [1.29, 1.82) is 0 Å². The van der Waals surface area contributed by atoms with Crippen LogP contribution in [0.3, 0.4) is 0 Å². The second kappa shape index (κ2) is 8.67. The number of likely N-dealkylation sites (tertiary alicyclic amines) is 1. The van der Waals surface area contributed by atoms with Crippen LogP contribution in [0.4, 0.5) is 5.69 Å². The molecule has 1 aliphatic heterocycles. The van der Waals surface area contributed by atoms with E-state index in [0.29, 0.717) is 19.3 Å². The Morgan fingerprint density at radius 3 is 2.43 bits per heavy atom. The quantitative estimate of drug-likeness (QED) is 0.810. The van der Waals surface area contributed by atoms with Crippen molar-refractivity contribution in [2.45, 2.75) is 51.5 Å². The van der Waals surface area contributed by atoms with Gasteiger partial charge in [0.1, 0.15) is 0 Å². The average molecular weight is 317 g/mol. The SMILES string of the molecule is CC(N)CCC(=O)Nc1ccc(CCC(=O)N2CCCC2)cc1. The largest absolute Gasteiger partial charge is 0.343 e. The van der Waals surface area contributed by atoms with Crippen molar-refractivity contribution in [3.8, 4) is 0 Å². The molecule has 0 radical (unpaired) electrons. The van der Waals surface area contributed by atoms with Gasteiger partial charge in [-0.3, -0.25) is 9.59 Å². The van der Waals surface area contributed by atoms with E-state index in [-0.39, 0.29) is 17.9 Å². The predicted molar refractivity (Wildman–Crippen MR) is 92.1 cm³/mol. The molecule has 1 atom stereocenters. The lowest BCUT2D eigenvalue weighted by Crippen LogP contribution is -2.27. The van der Waals surface area contributed by atoms with Crippen LogP contribution in [0, 0.1) is 0 Å². The third-order valence-corrected chi connectivity index (χ3v) is 4.15. The van der Waals surface area contributed by atoms with Crippen LogP contribution < -0.4 is 11.1 Å². The van der Waals surface area contributed by atoms with Gasteiger partial charge in [-0.05, 0) is 50.3 Å². The topological polar surface area (TPSA) is 75.4 Å². The van der Waals surface area contributed by atoms with E-state index in [4.69, 9.17) is 5.73 Å². The molecule has 3 N–H and O–H groups in total. The number of aryl methyl sites for hydroxylation is 1. The molecule has 0 spiro atoms. The highest BCUT2D eigenvalue weighted by Gasteiger charge is 2.17. The van der Waals surface area contributed by atoms with Gasteiger partial charge in [0.2, 0.25) is 11.8 Å². The Balaban J connectivity index is 1.75. The van der Waals surface area contributed by atoms with E-state index in [1.165, 1.54) is 0 Å². The van der Waals surface area contributed by atoms with Crippen LogP contribution in [0.2, 0.25) is 0 Å². The number of hydrogen-bond donors (Lipinski definition) is 2. The van der Waals surface area contributed by atoms with Crippen LogP contribution in [0.25, 0.3) is 0 Å². The van der Waals surface area contributed by atoms with Gasteiger partial charge in [0.05, 0.1) is 0 Å². The number of nitrogens with one attached hydrogen (secondary N) is 1. The zero-order valence-electron chi connectivity index (χ0n) is 13.9. The zero-order valence-corrected chi connectivity index (χ0v) is 13.9. The molecule has 1 saturated heterocycles. The fourth-order valence-electron chi connectivity index (χ4n) is 2.71. The first-order chi connectivity index (χ1) is 11.0. The molecule has 23 heavy (non-hydrogen) atoms. The Morgan fingerprint density at radius 1 is 1.17 bits per heavy atom. The van der Waals surface area contributed by atoms with Crippen molar-refractivity contribution in [2.75, 3.05) is 18.4 Å². The summed E-state index contributed by atoms with van der Waals surface area (Å²) in [6, 6.07) is 7.76. The first-order valence-corrected chi connectivity index (χ1v) is 8.47. The minimum absolute atomic E-state index is 0.0146. The molecule has 1 fully saturated rings. The molecular weight excluding hydrogens is 290 g/mol. The summed E-state index contributed by atoms with van der Waals surface area (Å²) in [5, 5.41) is 2.86. The highest BCUT2D eigenvalue weighted by atomic mass is 16.2. The van der Waals surface area contributed by atoms with Gasteiger partial charge in [-0.2, -0.15) is 0 Å². The summed E-state index contributed by atoms with van der Waals surface area (Å²) >= 11 is 0. The molecule has 1 heterocycles. The van der Waals surface area contributed by atoms with Gasteiger partial charge in [0.25, 0.3) is 0 Å². The van der Waals surface area contributed by atoms with Crippen LogP contribution in [-0.4, -0.2) is 35.8 Å². The van der Waals surface area contributed by atoms with E-state index in [2.05, 4.69) is 5.32 Å². The number of carbonyl (C=O) groups is 2. The molecule has 0 aliphatic carbocycles. The molecule has 0 aromatic heterocycles. The number of hydrogen-bond acceptors (Lipinski definition) is 3.